The molecule has 1 amide bonds. The van der Waals surface area contributed by atoms with Crippen molar-refractivity contribution < 1.29 is 28.0 Å². The molecular formula is C15H15F3N2O4. The number of nitrogens with zero attached hydrogens (tertiary/aromatic N) is 2. The topological polar surface area (TPSA) is 83.7 Å². The van der Waals surface area contributed by atoms with Gasteiger partial charge >= 0.3 is 6.18 Å². The predicted molar refractivity (Wildman–Crippen MR) is 78.9 cm³/mol. The Kier molecular flexibility index (Phi) is 4.93. The summed E-state index contributed by atoms with van der Waals surface area (Å²) in [4.78, 5) is 23.2. The minimum absolute atomic E-state index is 0.0825. The van der Waals surface area contributed by atoms with Crippen LogP contribution in [0.1, 0.15) is 18.4 Å². The molecule has 0 radical (unpaired) electrons. The number of alkyl halides is 3. The third-order valence-electron chi connectivity index (χ3n) is 3.95. The minimum atomic E-state index is -4.71. The highest BCUT2D eigenvalue weighted by Crippen LogP contribution is 2.38. The van der Waals surface area contributed by atoms with E-state index < -0.39 is 35.4 Å². The minimum Gasteiger partial charge on any atom is -0.380 e. The Morgan fingerprint density at radius 2 is 1.79 bits per heavy atom. The van der Waals surface area contributed by atoms with Gasteiger partial charge in [0.15, 0.2) is 5.60 Å². The lowest BCUT2D eigenvalue weighted by Crippen LogP contribution is -2.54. The van der Waals surface area contributed by atoms with Crippen LogP contribution in [0.15, 0.2) is 30.3 Å². The van der Waals surface area contributed by atoms with Crippen LogP contribution in [0.5, 0.6) is 0 Å². The highest BCUT2D eigenvalue weighted by Gasteiger charge is 2.54. The Bertz CT molecular complexity index is 648. The van der Waals surface area contributed by atoms with Crippen LogP contribution in [-0.2, 0) is 4.79 Å². The number of likely N-dealkylation sites (tertiary alicyclic amines) is 1. The van der Waals surface area contributed by atoms with Crippen molar-refractivity contribution in [2.75, 3.05) is 13.1 Å². The van der Waals surface area contributed by atoms with E-state index in [0.717, 1.165) is 0 Å². The van der Waals surface area contributed by atoms with Crippen LogP contribution < -0.4 is 0 Å². The van der Waals surface area contributed by atoms with Crippen molar-refractivity contribution in [3.63, 3.8) is 0 Å². The van der Waals surface area contributed by atoms with Gasteiger partial charge in [-0.15, -0.1) is 0 Å². The number of halogens is 3. The molecule has 1 aromatic rings. The molecule has 0 aromatic heterocycles. The van der Waals surface area contributed by atoms with Crippen molar-refractivity contribution in [3.05, 3.63) is 46.0 Å². The molecule has 0 atom stereocenters. The first kappa shape index (κ1) is 17.9. The summed E-state index contributed by atoms with van der Waals surface area (Å²) >= 11 is 0. The summed E-state index contributed by atoms with van der Waals surface area (Å²) in [6, 6.07) is 5.49. The first-order valence-corrected chi connectivity index (χ1v) is 7.13. The van der Waals surface area contributed by atoms with Gasteiger partial charge in [0.05, 0.1) is 4.92 Å². The molecule has 1 saturated heterocycles. The van der Waals surface area contributed by atoms with Gasteiger partial charge < -0.3 is 10.0 Å². The number of piperidine rings is 1. The van der Waals surface area contributed by atoms with E-state index >= 15 is 0 Å². The number of rotatable bonds is 3. The van der Waals surface area contributed by atoms with Gasteiger partial charge in [0, 0.05) is 44.1 Å². The van der Waals surface area contributed by atoms with E-state index in [1.165, 1.54) is 41.3 Å². The van der Waals surface area contributed by atoms with Crippen LogP contribution in [0.3, 0.4) is 0 Å². The maximum atomic E-state index is 12.7. The zero-order valence-corrected chi connectivity index (χ0v) is 12.5. The van der Waals surface area contributed by atoms with Gasteiger partial charge in [-0.05, 0) is 23.8 Å². The maximum absolute atomic E-state index is 12.7. The number of aliphatic hydroxyl groups is 1. The lowest BCUT2D eigenvalue weighted by Gasteiger charge is -2.38. The third-order valence-corrected chi connectivity index (χ3v) is 3.95. The normalized spacial score (nSPS) is 17.9. The SMILES string of the molecule is O=C(/C=C/c1ccc([N+](=O)[O-])cc1)N1CCC(O)(C(F)(F)F)CC1. The molecule has 130 valence electrons. The quantitative estimate of drug-likeness (QED) is 0.519. The molecule has 0 aliphatic carbocycles. The van der Waals surface area contributed by atoms with E-state index in [1.807, 2.05) is 0 Å². The van der Waals surface area contributed by atoms with Crippen LogP contribution >= 0.6 is 0 Å². The van der Waals surface area contributed by atoms with Gasteiger partial charge in [0.2, 0.25) is 5.91 Å². The van der Waals surface area contributed by atoms with Gasteiger partial charge in [-0.1, -0.05) is 0 Å². The van der Waals surface area contributed by atoms with Crippen LogP contribution in [0.2, 0.25) is 0 Å². The molecule has 0 bridgehead atoms. The molecule has 2 rings (SSSR count). The Morgan fingerprint density at radius 3 is 2.25 bits per heavy atom. The fourth-order valence-corrected chi connectivity index (χ4v) is 2.36. The van der Waals surface area contributed by atoms with E-state index in [1.54, 1.807) is 0 Å². The van der Waals surface area contributed by atoms with E-state index in [9.17, 15) is 33.2 Å². The second-order valence-corrected chi connectivity index (χ2v) is 5.54. The molecule has 1 heterocycles. The molecule has 0 saturated carbocycles. The summed E-state index contributed by atoms with van der Waals surface area (Å²) in [7, 11) is 0. The zero-order chi connectivity index (χ0) is 18.0. The van der Waals surface area contributed by atoms with E-state index in [-0.39, 0.29) is 18.8 Å². The largest absolute Gasteiger partial charge is 0.417 e. The molecule has 1 aromatic carbocycles. The number of amides is 1. The maximum Gasteiger partial charge on any atom is 0.417 e. The molecule has 1 aliphatic rings. The average molecular weight is 344 g/mol. The first-order chi connectivity index (χ1) is 11.1. The van der Waals surface area contributed by atoms with E-state index in [2.05, 4.69) is 0 Å². The lowest BCUT2D eigenvalue weighted by atomic mass is 9.91. The second-order valence-electron chi connectivity index (χ2n) is 5.54. The number of non-ortho nitro benzene ring substituents is 1. The predicted octanol–water partition coefficient (Wildman–Crippen LogP) is 2.52. The van der Waals surface area contributed by atoms with E-state index in [0.29, 0.717) is 5.56 Å². The van der Waals surface area contributed by atoms with Crippen LogP contribution in [0, 0.1) is 10.1 Å². The number of benzene rings is 1. The van der Waals surface area contributed by atoms with E-state index in [4.69, 9.17) is 0 Å². The van der Waals surface area contributed by atoms with Crippen molar-refractivity contribution in [3.8, 4) is 0 Å². The first-order valence-electron chi connectivity index (χ1n) is 7.13. The molecule has 0 unspecified atom stereocenters. The fourth-order valence-electron chi connectivity index (χ4n) is 2.36. The molecular weight excluding hydrogens is 329 g/mol. The smallest absolute Gasteiger partial charge is 0.380 e. The number of carbonyl (C=O) groups excluding carboxylic acids is 1. The molecule has 0 spiro atoms. The summed E-state index contributed by atoms with van der Waals surface area (Å²) in [5, 5.41) is 20.1. The molecule has 9 heteroatoms. The number of carbonyl (C=O) groups is 1. The highest BCUT2D eigenvalue weighted by molar-refractivity contribution is 5.91. The fraction of sp³-hybridized carbons (Fsp3) is 0.400. The summed E-state index contributed by atoms with van der Waals surface area (Å²) in [5.41, 5.74) is -2.27. The van der Waals surface area contributed by atoms with Crippen LogP contribution in [-0.4, -0.2) is 45.7 Å². The van der Waals surface area contributed by atoms with Crippen molar-refractivity contribution in [2.24, 2.45) is 0 Å². The number of nitro benzene ring substituents is 1. The Hall–Kier alpha value is -2.42. The molecule has 1 fully saturated rings. The number of hydrogen-bond donors (Lipinski definition) is 1. The Morgan fingerprint density at radius 1 is 1.25 bits per heavy atom. The number of nitro groups is 1. The van der Waals surface area contributed by atoms with Crippen LogP contribution in [0.25, 0.3) is 6.08 Å². The molecule has 6 nitrogen and oxygen atoms in total. The van der Waals surface area contributed by atoms with Crippen LogP contribution in [0.4, 0.5) is 18.9 Å². The van der Waals surface area contributed by atoms with Crippen molar-refractivity contribution in [2.45, 2.75) is 24.6 Å². The molecule has 24 heavy (non-hydrogen) atoms. The van der Waals surface area contributed by atoms with Crippen molar-refractivity contribution in [1.82, 2.24) is 4.90 Å². The zero-order valence-electron chi connectivity index (χ0n) is 12.5. The van der Waals surface area contributed by atoms with Crippen molar-refractivity contribution >= 4 is 17.7 Å². The highest BCUT2D eigenvalue weighted by atomic mass is 19.4. The second kappa shape index (κ2) is 6.60. The van der Waals surface area contributed by atoms with Gasteiger partial charge in [-0.25, -0.2) is 0 Å². The Labute approximate surface area is 135 Å². The van der Waals surface area contributed by atoms with Crippen molar-refractivity contribution in [1.29, 1.82) is 0 Å². The monoisotopic (exact) mass is 344 g/mol. The van der Waals surface area contributed by atoms with Gasteiger partial charge in [0.25, 0.3) is 5.69 Å². The third kappa shape index (κ3) is 3.91. The molecule has 1 N–H and O–H groups in total. The average Bonchev–Trinajstić information content (AvgIpc) is 2.52. The summed E-state index contributed by atoms with van der Waals surface area (Å²) in [6.07, 6.45) is -3.21. The molecule has 1 aliphatic heterocycles. The standard InChI is InChI=1S/C15H15F3N2O4/c16-15(17,18)14(22)7-9-19(10-8-14)13(21)6-3-11-1-4-12(5-2-11)20(23)24/h1-6,22H,7-10H2/b6-3+. The summed E-state index contributed by atoms with van der Waals surface area (Å²) in [6.45, 7) is -0.390. The Balaban J connectivity index is 1.95. The summed E-state index contributed by atoms with van der Waals surface area (Å²) in [5.74, 6) is -0.474. The van der Waals surface area contributed by atoms with Gasteiger partial charge in [0.1, 0.15) is 0 Å². The summed E-state index contributed by atoms with van der Waals surface area (Å²) < 4.78 is 38.1. The van der Waals surface area contributed by atoms with Gasteiger partial charge in [-0.3, -0.25) is 14.9 Å². The number of hydrogen-bond acceptors (Lipinski definition) is 4. The lowest BCUT2D eigenvalue weighted by molar-refractivity contribution is -0.384. The van der Waals surface area contributed by atoms with Gasteiger partial charge in [-0.2, -0.15) is 13.2 Å².